The molecule has 0 fully saturated rings. The molecule has 0 aliphatic rings. The van der Waals surface area contributed by atoms with Crippen LogP contribution in [-0.2, 0) is 13.1 Å². The number of aromatic nitrogens is 2. The normalized spacial score (nSPS) is 11.2. The molecule has 1 aromatic heterocycles. The van der Waals surface area contributed by atoms with E-state index in [1.165, 1.54) is 0 Å². The SMILES string of the molecule is CCn1c(-c2ccc(C)c(F)c2)nc2cc(CN)ccc21. The molecule has 2 N–H and O–H groups in total. The van der Waals surface area contributed by atoms with E-state index >= 15 is 0 Å². The first kappa shape index (κ1) is 13.8. The van der Waals surface area contributed by atoms with Gasteiger partial charge in [0, 0.05) is 18.7 Å². The smallest absolute Gasteiger partial charge is 0.141 e. The molecule has 2 aromatic carbocycles. The Morgan fingerprint density at radius 3 is 2.67 bits per heavy atom. The van der Waals surface area contributed by atoms with Crippen molar-refractivity contribution in [2.75, 3.05) is 0 Å². The summed E-state index contributed by atoms with van der Waals surface area (Å²) in [6, 6.07) is 11.3. The zero-order chi connectivity index (χ0) is 15.0. The number of hydrogen-bond acceptors (Lipinski definition) is 2. The molecule has 4 heteroatoms. The molecule has 0 aliphatic heterocycles. The molecule has 108 valence electrons. The van der Waals surface area contributed by atoms with E-state index in [-0.39, 0.29) is 5.82 Å². The Labute approximate surface area is 123 Å². The second kappa shape index (κ2) is 5.30. The summed E-state index contributed by atoms with van der Waals surface area (Å²) in [6.07, 6.45) is 0. The highest BCUT2D eigenvalue weighted by Crippen LogP contribution is 2.26. The third-order valence-corrected chi connectivity index (χ3v) is 3.79. The zero-order valence-corrected chi connectivity index (χ0v) is 12.2. The van der Waals surface area contributed by atoms with Gasteiger partial charge in [0.15, 0.2) is 0 Å². The van der Waals surface area contributed by atoms with Crippen molar-refractivity contribution in [1.82, 2.24) is 9.55 Å². The minimum absolute atomic E-state index is 0.204. The first-order valence-electron chi connectivity index (χ1n) is 7.09. The molecule has 0 radical (unpaired) electrons. The number of hydrogen-bond donors (Lipinski definition) is 1. The molecule has 3 nitrogen and oxygen atoms in total. The molecule has 0 bridgehead atoms. The number of aryl methyl sites for hydroxylation is 2. The summed E-state index contributed by atoms with van der Waals surface area (Å²) in [6.45, 7) is 5.09. The van der Waals surface area contributed by atoms with Gasteiger partial charge in [-0.1, -0.05) is 18.2 Å². The first-order valence-corrected chi connectivity index (χ1v) is 7.09. The van der Waals surface area contributed by atoms with Crippen molar-refractivity contribution in [3.63, 3.8) is 0 Å². The number of fused-ring (bicyclic) bond motifs is 1. The number of nitrogens with zero attached hydrogens (tertiary/aromatic N) is 2. The maximum atomic E-state index is 13.8. The van der Waals surface area contributed by atoms with Crippen molar-refractivity contribution < 1.29 is 4.39 Å². The molecular weight excluding hydrogens is 265 g/mol. The highest BCUT2D eigenvalue weighted by Gasteiger charge is 2.13. The number of benzene rings is 2. The third kappa shape index (κ3) is 2.32. The van der Waals surface area contributed by atoms with Crippen molar-refractivity contribution in [2.24, 2.45) is 5.73 Å². The second-order valence-corrected chi connectivity index (χ2v) is 5.17. The van der Waals surface area contributed by atoms with E-state index in [9.17, 15) is 4.39 Å². The van der Waals surface area contributed by atoms with Crippen LogP contribution in [0.2, 0.25) is 0 Å². The molecule has 0 saturated carbocycles. The summed E-state index contributed by atoms with van der Waals surface area (Å²) < 4.78 is 15.9. The van der Waals surface area contributed by atoms with Crippen molar-refractivity contribution >= 4 is 11.0 Å². The van der Waals surface area contributed by atoms with Crippen LogP contribution in [0.5, 0.6) is 0 Å². The molecule has 1 heterocycles. The minimum atomic E-state index is -0.204. The molecule has 0 saturated heterocycles. The Hall–Kier alpha value is -2.20. The van der Waals surface area contributed by atoms with E-state index in [0.29, 0.717) is 12.1 Å². The van der Waals surface area contributed by atoms with E-state index in [1.807, 2.05) is 24.3 Å². The Kier molecular flexibility index (Phi) is 3.47. The lowest BCUT2D eigenvalue weighted by atomic mass is 10.1. The summed E-state index contributed by atoms with van der Waals surface area (Å²) in [5.74, 6) is 0.588. The van der Waals surface area contributed by atoms with Crippen LogP contribution in [0, 0.1) is 12.7 Å². The van der Waals surface area contributed by atoms with Gasteiger partial charge >= 0.3 is 0 Å². The topological polar surface area (TPSA) is 43.8 Å². The van der Waals surface area contributed by atoms with Gasteiger partial charge in [0.2, 0.25) is 0 Å². The maximum absolute atomic E-state index is 13.8. The molecule has 3 aromatic rings. The molecule has 0 unspecified atom stereocenters. The van der Waals surface area contributed by atoms with Crippen molar-refractivity contribution in [2.45, 2.75) is 26.9 Å². The average Bonchev–Trinajstić information content (AvgIpc) is 2.87. The predicted octanol–water partition coefficient (Wildman–Crippen LogP) is 3.63. The molecule has 0 aliphatic carbocycles. The van der Waals surface area contributed by atoms with Crippen LogP contribution in [0.1, 0.15) is 18.1 Å². The van der Waals surface area contributed by atoms with Gasteiger partial charge in [0.1, 0.15) is 11.6 Å². The summed E-state index contributed by atoms with van der Waals surface area (Å²) in [4.78, 5) is 4.67. The van der Waals surface area contributed by atoms with Gasteiger partial charge in [-0.15, -0.1) is 0 Å². The second-order valence-electron chi connectivity index (χ2n) is 5.17. The zero-order valence-electron chi connectivity index (χ0n) is 12.2. The maximum Gasteiger partial charge on any atom is 0.141 e. The molecular formula is C17H18FN3. The van der Waals surface area contributed by atoms with Gasteiger partial charge in [-0.25, -0.2) is 9.37 Å². The van der Waals surface area contributed by atoms with Crippen molar-refractivity contribution in [3.05, 3.63) is 53.3 Å². The van der Waals surface area contributed by atoms with Gasteiger partial charge in [0.05, 0.1) is 11.0 Å². The van der Waals surface area contributed by atoms with Crippen LogP contribution in [0.25, 0.3) is 22.4 Å². The van der Waals surface area contributed by atoms with Gasteiger partial charge in [-0.05, 0) is 43.2 Å². The van der Waals surface area contributed by atoms with E-state index in [0.717, 1.165) is 34.5 Å². The molecule has 21 heavy (non-hydrogen) atoms. The van der Waals surface area contributed by atoms with Crippen LogP contribution < -0.4 is 5.73 Å². The fourth-order valence-corrected chi connectivity index (χ4v) is 2.57. The van der Waals surface area contributed by atoms with Crippen molar-refractivity contribution in [1.29, 1.82) is 0 Å². The standard InChI is InChI=1S/C17H18FN3/c1-3-21-16-7-5-12(10-19)8-15(16)20-17(21)13-6-4-11(2)14(18)9-13/h4-9H,3,10,19H2,1-2H3. The third-order valence-electron chi connectivity index (χ3n) is 3.79. The van der Waals surface area contributed by atoms with Crippen LogP contribution in [0.4, 0.5) is 4.39 Å². The van der Waals surface area contributed by atoms with Gasteiger partial charge < -0.3 is 10.3 Å². The summed E-state index contributed by atoms with van der Waals surface area (Å²) in [7, 11) is 0. The van der Waals surface area contributed by atoms with Crippen LogP contribution in [0.15, 0.2) is 36.4 Å². The largest absolute Gasteiger partial charge is 0.326 e. The van der Waals surface area contributed by atoms with Crippen LogP contribution in [0.3, 0.4) is 0 Å². The summed E-state index contributed by atoms with van der Waals surface area (Å²) in [5.41, 5.74) is 10.1. The Balaban J connectivity index is 2.23. The minimum Gasteiger partial charge on any atom is -0.326 e. The Bertz CT molecular complexity index is 805. The van der Waals surface area contributed by atoms with Crippen LogP contribution >= 0.6 is 0 Å². The van der Waals surface area contributed by atoms with Crippen molar-refractivity contribution in [3.8, 4) is 11.4 Å². The van der Waals surface area contributed by atoms with Crippen LogP contribution in [-0.4, -0.2) is 9.55 Å². The molecule has 0 atom stereocenters. The Morgan fingerprint density at radius 2 is 2.00 bits per heavy atom. The Morgan fingerprint density at radius 1 is 1.19 bits per heavy atom. The quantitative estimate of drug-likeness (QED) is 0.797. The van der Waals surface area contributed by atoms with E-state index in [1.54, 1.807) is 19.1 Å². The number of rotatable bonds is 3. The van der Waals surface area contributed by atoms with E-state index in [4.69, 9.17) is 5.73 Å². The van der Waals surface area contributed by atoms with E-state index in [2.05, 4.69) is 16.5 Å². The monoisotopic (exact) mass is 283 g/mol. The lowest BCUT2D eigenvalue weighted by molar-refractivity contribution is 0.618. The summed E-state index contributed by atoms with van der Waals surface area (Å²) >= 11 is 0. The molecule has 3 rings (SSSR count). The number of imidazole rings is 1. The number of nitrogens with two attached hydrogens (primary N) is 1. The fraction of sp³-hybridized carbons (Fsp3) is 0.235. The highest BCUT2D eigenvalue weighted by molar-refractivity contribution is 5.81. The van der Waals surface area contributed by atoms with Gasteiger partial charge in [0.25, 0.3) is 0 Å². The molecule has 0 amide bonds. The van der Waals surface area contributed by atoms with Gasteiger partial charge in [-0.2, -0.15) is 0 Å². The fourth-order valence-electron chi connectivity index (χ4n) is 2.57. The predicted molar refractivity (Wildman–Crippen MR) is 83.4 cm³/mol. The van der Waals surface area contributed by atoms with Gasteiger partial charge in [-0.3, -0.25) is 0 Å². The first-order chi connectivity index (χ1) is 10.1. The highest BCUT2D eigenvalue weighted by atomic mass is 19.1. The lowest BCUT2D eigenvalue weighted by Crippen LogP contribution is -1.98. The average molecular weight is 283 g/mol. The number of halogens is 1. The summed E-state index contributed by atoms with van der Waals surface area (Å²) in [5, 5.41) is 0. The van der Waals surface area contributed by atoms with E-state index < -0.39 is 0 Å². The lowest BCUT2D eigenvalue weighted by Gasteiger charge is -2.07. The molecule has 0 spiro atoms.